The SMILES string of the molecule is CCOc1cc(C(=O)N(C)Cc2cc(CF)cc3c2CN=C3)ccc1-c1cccc(F)c1. The molecule has 0 spiro atoms. The quantitative estimate of drug-likeness (QED) is 0.488. The number of amides is 1. The van der Waals surface area contributed by atoms with Crippen LogP contribution in [0.1, 0.15) is 39.5 Å². The zero-order valence-electron chi connectivity index (χ0n) is 18.1. The van der Waals surface area contributed by atoms with Crippen molar-refractivity contribution in [3.05, 3.63) is 88.2 Å². The van der Waals surface area contributed by atoms with Crippen LogP contribution in [0.25, 0.3) is 11.1 Å². The summed E-state index contributed by atoms with van der Waals surface area (Å²) in [4.78, 5) is 19.0. The fraction of sp³-hybridized carbons (Fsp3) is 0.231. The van der Waals surface area contributed by atoms with Gasteiger partial charge < -0.3 is 9.64 Å². The molecule has 1 aliphatic rings. The third-order valence-corrected chi connectivity index (χ3v) is 5.49. The van der Waals surface area contributed by atoms with Crippen LogP contribution in [-0.4, -0.2) is 30.7 Å². The Hall–Kier alpha value is -3.54. The molecule has 164 valence electrons. The molecule has 0 aliphatic carbocycles. The normalized spacial score (nSPS) is 12.0. The van der Waals surface area contributed by atoms with Crippen LogP contribution in [0.5, 0.6) is 5.75 Å². The van der Waals surface area contributed by atoms with E-state index in [1.165, 1.54) is 12.1 Å². The Morgan fingerprint density at radius 2 is 2.00 bits per heavy atom. The zero-order chi connectivity index (χ0) is 22.7. The summed E-state index contributed by atoms with van der Waals surface area (Å²) in [6.45, 7) is 2.59. The van der Waals surface area contributed by atoms with E-state index in [1.807, 2.05) is 6.92 Å². The van der Waals surface area contributed by atoms with Gasteiger partial charge in [-0.2, -0.15) is 0 Å². The Morgan fingerprint density at radius 3 is 2.75 bits per heavy atom. The van der Waals surface area contributed by atoms with Gasteiger partial charge >= 0.3 is 0 Å². The molecule has 0 bridgehead atoms. The molecule has 6 heteroatoms. The van der Waals surface area contributed by atoms with Crippen molar-refractivity contribution in [1.82, 2.24) is 4.90 Å². The van der Waals surface area contributed by atoms with Gasteiger partial charge in [-0.15, -0.1) is 0 Å². The van der Waals surface area contributed by atoms with E-state index in [0.29, 0.717) is 42.1 Å². The van der Waals surface area contributed by atoms with Gasteiger partial charge in [0.1, 0.15) is 18.2 Å². The van der Waals surface area contributed by atoms with Crippen LogP contribution in [-0.2, 0) is 19.8 Å². The summed E-state index contributed by atoms with van der Waals surface area (Å²) in [6, 6.07) is 15.0. The molecule has 0 radical (unpaired) electrons. The van der Waals surface area contributed by atoms with Gasteiger partial charge in [0, 0.05) is 30.9 Å². The smallest absolute Gasteiger partial charge is 0.254 e. The summed E-state index contributed by atoms with van der Waals surface area (Å²) in [6.07, 6.45) is 1.75. The van der Waals surface area contributed by atoms with Crippen molar-refractivity contribution in [2.24, 2.45) is 4.99 Å². The Bertz CT molecular complexity index is 1190. The van der Waals surface area contributed by atoms with Crippen LogP contribution >= 0.6 is 0 Å². The first-order valence-corrected chi connectivity index (χ1v) is 10.5. The van der Waals surface area contributed by atoms with Crippen molar-refractivity contribution in [2.75, 3.05) is 13.7 Å². The number of fused-ring (bicyclic) bond motifs is 1. The Kier molecular flexibility index (Phi) is 6.30. The number of carbonyl (C=O) groups excluding carboxylic acids is 1. The van der Waals surface area contributed by atoms with E-state index in [1.54, 1.807) is 60.6 Å². The number of hydrogen-bond donors (Lipinski definition) is 0. The number of rotatable bonds is 7. The van der Waals surface area contributed by atoms with E-state index < -0.39 is 6.67 Å². The minimum absolute atomic E-state index is 0.185. The second-order valence-electron chi connectivity index (χ2n) is 7.74. The van der Waals surface area contributed by atoms with E-state index >= 15 is 0 Å². The van der Waals surface area contributed by atoms with Crippen LogP contribution in [0.2, 0.25) is 0 Å². The van der Waals surface area contributed by atoms with Gasteiger partial charge in [0.15, 0.2) is 0 Å². The molecule has 3 aromatic rings. The fourth-order valence-corrected chi connectivity index (χ4v) is 3.96. The molecule has 0 saturated carbocycles. The van der Waals surface area contributed by atoms with Crippen molar-refractivity contribution in [3.8, 4) is 16.9 Å². The van der Waals surface area contributed by atoms with E-state index in [2.05, 4.69) is 4.99 Å². The average Bonchev–Trinajstić information content (AvgIpc) is 3.27. The van der Waals surface area contributed by atoms with Crippen molar-refractivity contribution < 1.29 is 18.3 Å². The number of halogens is 2. The minimum Gasteiger partial charge on any atom is -0.493 e. The van der Waals surface area contributed by atoms with Crippen molar-refractivity contribution >= 4 is 12.1 Å². The summed E-state index contributed by atoms with van der Waals surface area (Å²) < 4.78 is 32.8. The van der Waals surface area contributed by atoms with E-state index in [9.17, 15) is 13.6 Å². The van der Waals surface area contributed by atoms with Crippen LogP contribution in [0, 0.1) is 5.82 Å². The molecule has 1 aliphatic heterocycles. The van der Waals surface area contributed by atoms with E-state index in [-0.39, 0.29) is 11.7 Å². The maximum absolute atomic E-state index is 13.7. The molecule has 1 heterocycles. The van der Waals surface area contributed by atoms with Gasteiger partial charge in [-0.05, 0) is 71.1 Å². The van der Waals surface area contributed by atoms with E-state index in [0.717, 1.165) is 22.3 Å². The molecule has 0 unspecified atom stereocenters. The average molecular weight is 434 g/mol. The maximum atomic E-state index is 13.7. The van der Waals surface area contributed by atoms with Crippen molar-refractivity contribution in [2.45, 2.75) is 26.7 Å². The molecule has 0 fully saturated rings. The van der Waals surface area contributed by atoms with Gasteiger partial charge in [-0.25, -0.2) is 8.78 Å². The van der Waals surface area contributed by atoms with Crippen molar-refractivity contribution in [3.63, 3.8) is 0 Å². The lowest BCUT2D eigenvalue weighted by atomic mass is 9.99. The molecule has 0 saturated heterocycles. The predicted octanol–water partition coefficient (Wildman–Crippen LogP) is 5.57. The molecule has 4 nitrogen and oxygen atoms in total. The number of alkyl halides is 1. The minimum atomic E-state index is -0.564. The maximum Gasteiger partial charge on any atom is 0.254 e. The highest BCUT2D eigenvalue weighted by atomic mass is 19.1. The number of hydrogen-bond acceptors (Lipinski definition) is 3. The molecular formula is C26H24F2N2O2. The third kappa shape index (κ3) is 4.40. The summed E-state index contributed by atoms with van der Waals surface area (Å²) in [5, 5.41) is 0. The van der Waals surface area contributed by atoms with Crippen LogP contribution < -0.4 is 4.74 Å². The number of ether oxygens (including phenoxy) is 1. The van der Waals surface area contributed by atoms with Gasteiger partial charge in [0.05, 0.1) is 13.2 Å². The molecule has 0 N–H and O–H groups in total. The summed E-state index contributed by atoms with van der Waals surface area (Å²) in [5.41, 5.74) is 5.27. The third-order valence-electron chi connectivity index (χ3n) is 5.49. The molecule has 3 aromatic carbocycles. The molecule has 0 atom stereocenters. The monoisotopic (exact) mass is 434 g/mol. The highest BCUT2D eigenvalue weighted by molar-refractivity contribution is 5.95. The van der Waals surface area contributed by atoms with Crippen molar-refractivity contribution in [1.29, 1.82) is 0 Å². The number of nitrogens with zero attached hydrogens (tertiary/aromatic N) is 2. The number of benzene rings is 3. The second-order valence-corrected chi connectivity index (χ2v) is 7.74. The zero-order valence-corrected chi connectivity index (χ0v) is 18.1. The molecular weight excluding hydrogens is 410 g/mol. The molecule has 32 heavy (non-hydrogen) atoms. The fourth-order valence-electron chi connectivity index (χ4n) is 3.96. The van der Waals surface area contributed by atoms with E-state index in [4.69, 9.17) is 4.74 Å². The highest BCUT2D eigenvalue weighted by Gasteiger charge is 2.19. The largest absolute Gasteiger partial charge is 0.493 e. The van der Waals surface area contributed by atoms with Gasteiger partial charge in [-0.3, -0.25) is 9.79 Å². The Labute approximate surface area is 186 Å². The molecule has 0 aromatic heterocycles. The van der Waals surface area contributed by atoms with Crippen LogP contribution in [0.15, 0.2) is 59.6 Å². The van der Waals surface area contributed by atoms with Gasteiger partial charge in [-0.1, -0.05) is 18.2 Å². The second kappa shape index (κ2) is 9.30. The van der Waals surface area contributed by atoms with Gasteiger partial charge in [0.25, 0.3) is 5.91 Å². The summed E-state index contributed by atoms with van der Waals surface area (Å²) >= 11 is 0. The van der Waals surface area contributed by atoms with Crippen LogP contribution in [0.4, 0.5) is 8.78 Å². The number of carbonyl (C=O) groups is 1. The summed E-state index contributed by atoms with van der Waals surface area (Å²) in [5.74, 6) is -0.00186. The first kappa shape index (κ1) is 21.7. The first-order chi connectivity index (χ1) is 15.5. The lowest BCUT2D eigenvalue weighted by Gasteiger charge is -2.21. The Balaban J connectivity index is 1.61. The highest BCUT2D eigenvalue weighted by Crippen LogP contribution is 2.32. The Morgan fingerprint density at radius 1 is 1.16 bits per heavy atom. The standard InChI is InChI=1S/C26H24F2N2O2/c1-3-32-25-12-19(7-8-23(25)18-5-4-6-22(28)11-18)26(31)30(2)16-21-10-17(13-27)9-20-14-29-15-24(20)21/h4-12,14H,3,13,15-16H2,1-2H3. The first-order valence-electron chi connectivity index (χ1n) is 10.5. The molecule has 1 amide bonds. The van der Waals surface area contributed by atoms with Crippen LogP contribution in [0.3, 0.4) is 0 Å². The lowest BCUT2D eigenvalue weighted by Crippen LogP contribution is -2.27. The number of aliphatic imine (C=N–C) groups is 1. The van der Waals surface area contributed by atoms with Gasteiger partial charge in [0.2, 0.25) is 0 Å². The predicted molar refractivity (Wildman–Crippen MR) is 121 cm³/mol. The molecule has 4 rings (SSSR count). The lowest BCUT2D eigenvalue weighted by molar-refractivity contribution is 0.0784. The topological polar surface area (TPSA) is 41.9 Å². The summed E-state index contributed by atoms with van der Waals surface area (Å²) in [7, 11) is 1.72.